The van der Waals surface area contributed by atoms with Gasteiger partial charge in [-0.15, -0.1) is 0 Å². The van der Waals surface area contributed by atoms with Crippen molar-refractivity contribution in [1.82, 2.24) is 4.98 Å². The van der Waals surface area contributed by atoms with Crippen LogP contribution in [0, 0.1) is 0 Å². The van der Waals surface area contributed by atoms with E-state index < -0.39 is 10.8 Å². The standard InChI is InChI=1S/C16H17Cl2NO3S/c1-2-5-22-16-8-19-13(7-15(16)20)10-23(21)9-11-3-4-12(17)6-14(11)18/h3-4,6-8H,2,5,9-10H2,1H3,(H,19,20). The molecule has 23 heavy (non-hydrogen) atoms. The zero-order chi connectivity index (χ0) is 16.8. The molecule has 0 radical (unpaired) electrons. The summed E-state index contributed by atoms with van der Waals surface area (Å²) < 4.78 is 17.6. The van der Waals surface area contributed by atoms with E-state index in [1.165, 1.54) is 12.3 Å². The molecule has 0 spiro atoms. The highest BCUT2D eigenvalue weighted by molar-refractivity contribution is 7.83. The third-order valence-electron chi connectivity index (χ3n) is 3.05. The number of nitrogens with one attached hydrogen (secondary N) is 1. The van der Waals surface area contributed by atoms with Gasteiger partial charge in [-0.25, -0.2) is 0 Å². The van der Waals surface area contributed by atoms with Gasteiger partial charge in [0.2, 0.25) is 5.43 Å². The van der Waals surface area contributed by atoms with Crippen LogP contribution < -0.4 is 10.2 Å². The zero-order valence-corrected chi connectivity index (χ0v) is 14.9. The van der Waals surface area contributed by atoms with Crippen molar-refractivity contribution in [3.05, 3.63) is 62.0 Å². The summed E-state index contributed by atoms with van der Waals surface area (Å²) in [6, 6.07) is 6.51. The first-order valence-electron chi connectivity index (χ1n) is 7.13. The molecule has 2 rings (SSSR count). The molecule has 0 bridgehead atoms. The minimum Gasteiger partial charge on any atom is -0.488 e. The SMILES string of the molecule is CCCOc1c[nH]c(CS(=O)Cc2ccc(Cl)cc2Cl)cc1=O. The molecule has 2 aromatic rings. The van der Waals surface area contributed by atoms with Gasteiger partial charge in [-0.3, -0.25) is 9.00 Å². The maximum Gasteiger partial charge on any atom is 0.223 e. The maximum absolute atomic E-state index is 12.3. The second-order valence-corrected chi connectivity index (χ2v) is 7.30. The number of hydrogen-bond acceptors (Lipinski definition) is 3. The van der Waals surface area contributed by atoms with Crippen molar-refractivity contribution in [2.45, 2.75) is 24.9 Å². The van der Waals surface area contributed by atoms with Gasteiger partial charge in [-0.1, -0.05) is 36.2 Å². The fourth-order valence-electron chi connectivity index (χ4n) is 1.95. The van der Waals surface area contributed by atoms with Gasteiger partial charge < -0.3 is 9.72 Å². The molecule has 0 aliphatic heterocycles. The third-order valence-corrected chi connectivity index (χ3v) is 4.90. The summed E-state index contributed by atoms with van der Waals surface area (Å²) in [5, 5.41) is 1.03. The van der Waals surface area contributed by atoms with Crippen molar-refractivity contribution in [1.29, 1.82) is 0 Å². The fraction of sp³-hybridized carbons (Fsp3) is 0.312. The van der Waals surface area contributed by atoms with Crippen LogP contribution in [0.15, 0.2) is 35.3 Å². The quantitative estimate of drug-likeness (QED) is 0.799. The first kappa shape index (κ1) is 18.0. The Morgan fingerprint density at radius 1 is 1.22 bits per heavy atom. The number of benzene rings is 1. The first-order chi connectivity index (χ1) is 11.0. The molecule has 1 heterocycles. The Morgan fingerprint density at radius 3 is 2.65 bits per heavy atom. The molecule has 1 aromatic heterocycles. The molecule has 124 valence electrons. The highest BCUT2D eigenvalue weighted by atomic mass is 35.5. The maximum atomic E-state index is 12.3. The Bertz CT molecular complexity index is 761. The third kappa shape index (κ3) is 5.37. The lowest BCUT2D eigenvalue weighted by atomic mass is 10.2. The molecule has 1 atom stereocenters. The normalized spacial score (nSPS) is 12.1. The molecule has 0 fully saturated rings. The number of halogens is 2. The van der Waals surface area contributed by atoms with Crippen LogP contribution >= 0.6 is 23.2 Å². The van der Waals surface area contributed by atoms with Crippen LogP contribution in [0.5, 0.6) is 5.75 Å². The summed E-state index contributed by atoms with van der Waals surface area (Å²) in [5.74, 6) is 0.816. The van der Waals surface area contributed by atoms with Crippen LogP contribution in [0.1, 0.15) is 24.6 Å². The van der Waals surface area contributed by atoms with E-state index in [1.807, 2.05) is 6.92 Å². The molecular formula is C16H17Cl2NO3S. The lowest BCUT2D eigenvalue weighted by Gasteiger charge is -2.07. The summed E-state index contributed by atoms with van der Waals surface area (Å²) in [7, 11) is -1.20. The van der Waals surface area contributed by atoms with E-state index in [0.29, 0.717) is 28.1 Å². The van der Waals surface area contributed by atoms with Crippen LogP contribution in [0.3, 0.4) is 0 Å². The van der Waals surface area contributed by atoms with Crippen molar-refractivity contribution in [2.24, 2.45) is 0 Å². The van der Waals surface area contributed by atoms with Crippen molar-refractivity contribution < 1.29 is 8.95 Å². The molecule has 4 nitrogen and oxygen atoms in total. The lowest BCUT2D eigenvalue weighted by molar-refractivity contribution is 0.313. The molecule has 0 saturated heterocycles. The van der Waals surface area contributed by atoms with Gasteiger partial charge in [0.05, 0.1) is 18.1 Å². The zero-order valence-electron chi connectivity index (χ0n) is 12.6. The number of pyridine rings is 1. The van der Waals surface area contributed by atoms with Gasteiger partial charge in [-0.05, 0) is 24.1 Å². The van der Waals surface area contributed by atoms with Crippen LogP contribution in [0.2, 0.25) is 10.0 Å². The average molecular weight is 374 g/mol. The van der Waals surface area contributed by atoms with E-state index in [-0.39, 0.29) is 16.9 Å². The largest absolute Gasteiger partial charge is 0.488 e. The van der Waals surface area contributed by atoms with Crippen molar-refractivity contribution >= 4 is 34.0 Å². The summed E-state index contributed by atoms with van der Waals surface area (Å²) in [4.78, 5) is 14.9. The summed E-state index contributed by atoms with van der Waals surface area (Å²) in [5.41, 5.74) is 1.15. The first-order valence-corrected chi connectivity index (χ1v) is 9.37. The second kappa shape index (κ2) is 8.52. The van der Waals surface area contributed by atoms with E-state index in [1.54, 1.807) is 18.2 Å². The van der Waals surface area contributed by atoms with Crippen LogP contribution in [0.25, 0.3) is 0 Å². The Labute approximate surface area is 147 Å². The van der Waals surface area contributed by atoms with Gasteiger partial charge in [0.1, 0.15) is 0 Å². The van der Waals surface area contributed by atoms with Crippen LogP contribution in [-0.2, 0) is 22.3 Å². The summed E-state index contributed by atoms with van der Waals surface area (Å²) >= 11 is 11.9. The average Bonchev–Trinajstić information content (AvgIpc) is 2.49. The monoisotopic (exact) mass is 373 g/mol. The number of H-pyrrole nitrogens is 1. The number of hydrogen-bond donors (Lipinski definition) is 1. The predicted octanol–water partition coefficient (Wildman–Crippen LogP) is 3.92. The van der Waals surface area contributed by atoms with E-state index in [9.17, 15) is 9.00 Å². The number of aromatic nitrogens is 1. The smallest absolute Gasteiger partial charge is 0.223 e. The van der Waals surface area contributed by atoms with Crippen molar-refractivity contribution in [2.75, 3.05) is 6.61 Å². The van der Waals surface area contributed by atoms with Gasteiger partial charge in [-0.2, -0.15) is 0 Å². The fourth-order valence-corrected chi connectivity index (χ4v) is 3.71. The minimum absolute atomic E-state index is 0.214. The Kier molecular flexibility index (Phi) is 6.69. The van der Waals surface area contributed by atoms with Gasteiger partial charge >= 0.3 is 0 Å². The molecule has 0 saturated carbocycles. The van der Waals surface area contributed by atoms with E-state index in [0.717, 1.165) is 12.0 Å². The Balaban J connectivity index is 2.02. The molecule has 1 N–H and O–H groups in total. The molecule has 1 aromatic carbocycles. The van der Waals surface area contributed by atoms with E-state index >= 15 is 0 Å². The number of rotatable bonds is 7. The molecule has 0 amide bonds. The molecular weight excluding hydrogens is 357 g/mol. The molecule has 7 heteroatoms. The van der Waals surface area contributed by atoms with Crippen molar-refractivity contribution in [3.63, 3.8) is 0 Å². The summed E-state index contributed by atoms with van der Waals surface area (Å²) in [6.45, 7) is 2.46. The van der Waals surface area contributed by atoms with Crippen LogP contribution in [0.4, 0.5) is 0 Å². The Hall–Kier alpha value is -1.30. The molecule has 0 aliphatic rings. The Morgan fingerprint density at radius 2 is 2.00 bits per heavy atom. The number of ether oxygens (including phenoxy) is 1. The second-order valence-electron chi connectivity index (χ2n) is 5.00. The lowest BCUT2D eigenvalue weighted by Crippen LogP contribution is -2.11. The topological polar surface area (TPSA) is 59.2 Å². The molecule has 0 aliphatic carbocycles. The van der Waals surface area contributed by atoms with Crippen molar-refractivity contribution in [3.8, 4) is 5.75 Å². The highest BCUT2D eigenvalue weighted by Crippen LogP contribution is 2.22. The van der Waals surface area contributed by atoms with E-state index in [4.69, 9.17) is 27.9 Å². The van der Waals surface area contributed by atoms with Gasteiger partial charge in [0.25, 0.3) is 0 Å². The van der Waals surface area contributed by atoms with Crippen LogP contribution in [-0.4, -0.2) is 15.8 Å². The predicted molar refractivity (Wildman–Crippen MR) is 94.9 cm³/mol. The molecule has 1 unspecified atom stereocenters. The van der Waals surface area contributed by atoms with Gasteiger partial charge in [0.15, 0.2) is 5.75 Å². The highest BCUT2D eigenvalue weighted by Gasteiger charge is 2.09. The van der Waals surface area contributed by atoms with E-state index in [2.05, 4.69) is 4.98 Å². The van der Waals surface area contributed by atoms with Gasteiger partial charge in [0, 0.05) is 38.8 Å². The number of aromatic amines is 1. The summed E-state index contributed by atoms with van der Waals surface area (Å²) in [6.07, 6.45) is 2.34. The minimum atomic E-state index is -1.20.